The van der Waals surface area contributed by atoms with Gasteiger partial charge in [0.25, 0.3) is 0 Å². The molecule has 0 radical (unpaired) electrons. The van der Waals surface area contributed by atoms with Crippen LogP contribution >= 0.6 is 0 Å². The number of benzene rings is 1. The second-order valence-corrected chi connectivity index (χ2v) is 13.3. The molecular formula is C35H47NO13. The van der Waals surface area contributed by atoms with E-state index in [1.54, 1.807) is 0 Å². The number of carbonyl (C=O) groups is 5. The summed E-state index contributed by atoms with van der Waals surface area (Å²) in [6, 6.07) is 8.74. The summed E-state index contributed by atoms with van der Waals surface area (Å²) in [6.07, 6.45) is -3.68. The number of nitrogens with one attached hydrogen (secondary N) is 1. The Morgan fingerprint density at radius 1 is 1.06 bits per heavy atom. The first-order valence-electron chi connectivity index (χ1n) is 16.2. The van der Waals surface area contributed by atoms with Crippen LogP contribution in [0.2, 0.25) is 0 Å². The Morgan fingerprint density at radius 3 is 2.22 bits per heavy atom. The van der Waals surface area contributed by atoms with Crippen molar-refractivity contribution >= 4 is 29.8 Å². The number of aliphatic hydroxyl groups is 2. The van der Waals surface area contributed by atoms with Gasteiger partial charge in [0.2, 0.25) is 29.0 Å². The minimum atomic E-state index is -3.88. The van der Waals surface area contributed by atoms with Crippen LogP contribution in [0.4, 0.5) is 0 Å². The third-order valence-electron chi connectivity index (χ3n) is 9.44. The van der Waals surface area contributed by atoms with Gasteiger partial charge in [0.1, 0.15) is 6.10 Å². The summed E-state index contributed by atoms with van der Waals surface area (Å²) < 4.78 is 16.5. The van der Waals surface area contributed by atoms with Gasteiger partial charge < -0.3 is 45.1 Å². The molecule has 49 heavy (non-hydrogen) atoms. The molecule has 270 valence electrons. The number of ether oxygens (including phenoxy) is 3. The van der Waals surface area contributed by atoms with Crippen LogP contribution in [0.5, 0.6) is 0 Å². The summed E-state index contributed by atoms with van der Waals surface area (Å²) in [5, 5.41) is 56.4. The van der Waals surface area contributed by atoms with Gasteiger partial charge in [-0.1, -0.05) is 82.7 Å². The topological polar surface area (TPSA) is 226 Å². The van der Waals surface area contributed by atoms with Gasteiger partial charge in [-0.2, -0.15) is 0 Å². The summed E-state index contributed by atoms with van der Waals surface area (Å²) in [6.45, 7) is 13.1. The van der Waals surface area contributed by atoms with Crippen LogP contribution < -0.4 is 5.32 Å². The Bertz CT molecular complexity index is 1450. The maximum atomic E-state index is 13.0. The van der Waals surface area contributed by atoms with Gasteiger partial charge in [-0.05, 0) is 42.6 Å². The van der Waals surface area contributed by atoms with E-state index in [4.69, 9.17) is 14.2 Å². The Hall–Kier alpha value is -4.11. The molecule has 1 amide bonds. The van der Waals surface area contributed by atoms with Crippen molar-refractivity contribution in [2.45, 2.75) is 108 Å². The highest BCUT2D eigenvalue weighted by Crippen LogP contribution is 2.55. The van der Waals surface area contributed by atoms with E-state index < -0.39 is 71.6 Å². The molecule has 3 rings (SSSR count). The number of carboxylic acid groups (broad SMARTS) is 3. The van der Waals surface area contributed by atoms with E-state index in [1.165, 1.54) is 13.0 Å². The molecule has 10 atom stereocenters. The molecule has 2 aliphatic rings. The molecule has 2 aliphatic heterocycles. The van der Waals surface area contributed by atoms with Crippen LogP contribution in [0, 0.1) is 17.8 Å². The van der Waals surface area contributed by atoms with E-state index in [2.05, 4.69) is 11.9 Å². The van der Waals surface area contributed by atoms with Crippen LogP contribution in [0.1, 0.15) is 65.9 Å². The lowest BCUT2D eigenvalue weighted by Crippen LogP contribution is -2.78. The number of rotatable bonds is 17. The van der Waals surface area contributed by atoms with Gasteiger partial charge >= 0.3 is 23.9 Å². The molecule has 2 saturated heterocycles. The first-order chi connectivity index (χ1) is 22.9. The highest BCUT2D eigenvalue weighted by molar-refractivity contribution is 5.98. The van der Waals surface area contributed by atoms with Gasteiger partial charge in [0, 0.05) is 19.4 Å². The standard InChI is InChI=1S/C35H47NO13/c1-7-19(2)17-20(3)13-14-25(38)47-28-27(39)33(48-29(30(40)41)34(46,31(42)43)35(28,49-33)32(44)45)16-15-21(4)26(36-23(6)37)22(5)18-24-11-9-8-10-12-24/h8-14,19-20,22,26-29,39,46H,4,7,15-18H2,1-3,5-6H3,(H,36,37)(H,40,41)(H,42,43)(H,44,45)/b14-13+/t19-,20+,22?,26?,27+,28+,29+,33-,34+,35-/m0/s1. The number of aliphatic carboxylic acids is 3. The van der Waals surface area contributed by atoms with Crippen LogP contribution in [-0.4, -0.2) is 96.7 Å². The fourth-order valence-electron chi connectivity index (χ4n) is 6.69. The minimum Gasteiger partial charge on any atom is -0.479 e. The number of esters is 1. The first-order valence-corrected chi connectivity index (χ1v) is 16.2. The van der Waals surface area contributed by atoms with Crippen molar-refractivity contribution in [1.29, 1.82) is 0 Å². The van der Waals surface area contributed by atoms with Crippen molar-refractivity contribution in [3.63, 3.8) is 0 Å². The van der Waals surface area contributed by atoms with E-state index >= 15 is 0 Å². The Morgan fingerprint density at radius 2 is 1.69 bits per heavy atom. The molecule has 1 aromatic carbocycles. The molecule has 14 nitrogen and oxygen atoms in total. The third-order valence-corrected chi connectivity index (χ3v) is 9.44. The zero-order chi connectivity index (χ0) is 36.9. The Balaban J connectivity index is 2.02. The number of carbonyl (C=O) groups excluding carboxylic acids is 2. The van der Waals surface area contributed by atoms with Crippen LogP contribution in [0.3, 0.4) is 0 Å². The molecule has 1 aromatic rings. The lowest BCUT2D eigenvalue weighted by molar-refractivity contribution is -0.374. The number of allylic oxidation sites excluding steroid dienone is 1. The second-order valence-electron chi connectivity index (χ2n) is 13.3. The molecule has 0 aromatic heterocycles. The third kappa shape index (κ3) is 7.88. The summed E-state index contributed by atoms with van der Waals surface area (Å²) in [4.78, 5) is 63.1. The average molecular weight is 690 g/mol. The molecule has 14 heteroatoms. The van der Waals surface area contributed by atoms with Crippen LogP contribution in [-0.2, 0) is 44.6 Å². The van der Waals surface area contributed by atoms with Gasteiger partial charge in [-0.15, -0.1) is 0 Å². The van der Waals surface area contributed by atoms with Crippen molar-refractivity contribution in [2.75, 3.05) is 0 Å². The van der Waals surface area contributed by atoms with Gasteiger partial charge in [-0.25, -0.2) is 19.2 Å². The lowest BCUT2D eigenvalue weighted by atomic mass is 9.74. The minimum absolute atomic E-state index is 0.117. The zero-order valence-corrected chi connectivity index (χ0v) is 28.3. The molecule has 2 fully saturated rings. The maximum absolute atomic E-state index is 13.0. The molecule has 6 N–H and O–H groups in total. The number of aliphatic hydroxyl groups excluding tert-OH is 1. The van der Waals surface area contributed by atoms with Gasteiger partial charge in [0.05, 0.1) is 6.04 Å². The molecule has 2 heterocycles. The average Bonchev–Trinajstić information content (AvgIpc) is 3.25. The fourth-order valence-corrected chi connectivity index (χ4v) is 6.69. The fraction of sp³-hybridized carbons (Fsp3) is 0.571. The summed E-state index contributed by atoms with van der Waals surface area (Å²) in [5.41, 5.74) is -6.09. The van der Waals surface area contributed by atoms with E-state index in [1.807, 2.05) is 58.0 Å². The Kier molecular flexibility index (Phi) is 12.5. The van der Waals surface area contributed by atoms with E-state index in [0.717, 1.165) is 18.1 Å². The number of carboxylic acids is 3. The maximum Gasteiger partial charge on any atom is 0.344 e. The number of hydrogen-bond donors (Lipinski definition) is 6. The Labute approximate surface area is 284 Å². The predicted octanol–water partition coefficient (Wildman–Crippen LogP) is 2.46. The van der Waals surface area contributed by atoms with E-state index in [-0.39, 0.29) is 24.2 Å². The van der Waals surface area contributed by atoms with E-state index in [0.29, 0.717) is 24.3 Å². The highest BCUT2D eigenvalue weighted by atomic mass is 16.8. The first kappa shape index (κ1) is 39.3. The largest absolute Gasteiger partial charge is 0.479 e. The molecule has 2 bridgehead atoms. The smallest absolute Gasteiger partial charge is 0.344 e. The van der Waals surface area contributed by atoms with Crippen molar-refractivity contribution < 1.29 is 63.7 Å². The van der Waals surface area contributed by atoms with E-state index in [9.17, 15) is 49.5 Å². The monoisotopic (exact) mass is 689 g/mol. The number of hydrogen-bond acceptors (Lipinski definition) is 10. The molecule has 2 unspecified atom stereocenters. The van der Waals surface area contributed by atoms with Crippen LogP contribution in [0.25, 0.3) is 0 Å². The lowest BCUT2D eigenvalue weighted by Gasteiger charge is -2.48. The SMILES string of the molecule is C=C(CC[C@]12O[C@H](C(=O)O)[C@@](O)(C(=O)O)[C@](C(=O)O)(O1)[C@H](OC(=O)/C=C/[C@@H](C)C[C@@H](C)CC)[C@H]2O)C(NC(C)=O)C(C)Cc1ccccc1. The second kappa shape index (κ2) is 15.6. The summed E-state index contributed by atoms with van der Waals surface area (Å²) >= 11 is 0. The van der Waals surface area contributed by atoms with Crippen molar-refractivity contribution in [1.82, 2.24) is 5.32 Å². The summed E-state index contributed by atoms with van der Waals surface area (Å²) in [5.74, 6) is -10.9. The molecule has 0 saturated carbocycles. The van der Waals surface area contributed by atoms with Gasteiger partial charge in [-0.3, -0.25) is 4.79 Å². The van der Waals surface area contributed by atoms with Gasteiger partial charge in [0.15, 0.2) is 6.10 Å². The number of amides is 1. The number of fused-ring (bicyclic) bond motifs is 2. The molecule has 0 spiro atoms. The van der Waals surface area contributed by atoms with Crippen LogP contribution in [0.15, 0.2) is 54.6 Å². The molecular weight excluding hydrogens is 642 g/mol. The quantitative estimate of drug-likeness (QED) is 0.0786. The van der Waals surface area contributed by atoms with Crippen molar-refractivity contribution in [3.05, 3.63) is 60.2 Å². The van der Waals surface area contributed by atoms with Crippen molar-refractivity contribution in [3.8, 4) is 0 Å². The normalized spacial score (nSPS) is 30.1. The summed E-state index contributed by atoms with van der Waals surface area (Å²) in [7, 11) is 0. The van der Waals surface area contributed by atoms with Crippen molar-refractivity contribution in [2.24, 2.45) is 17.8 Å². The highest BCUT2D eigenvalue weighted by Gasteiger charge is 2.85. The molecule has 0 aliphatic carbocycles. The predicted molar refractivity (Wildman–Crippen MR) is 173 cm³/mol. The zero-order valence-electron chi connectivity index (χ0n) is 28.3.